The molecule has 1 atom stereocenters. The van der Waals surface area contributed by atoms with Crippen LogP contribution in [0.3, 0.4) is 0 Å². The van der Waals surface area contributed by atoms with E-state index in [1.54, 1.807) is 26.1 Å². The van der Waals surface area contributed by atoms with Gasteiger partial charge in [-0.2, -0.15) is 17.6 Å². The minimum absolute atomic E-state index is 0.0545. The first-order valence-electron chi connectivity index (χ1n) is 6.48. The predicted molar refractivity (Wildman–Crippen MR) is 81.2 cm³/mol. The highest BCUT2D eigenvalue weighted by Crippen LogP contribution is 2.21. The zero-order valence-electron chi connectivity index (χ0n) is 12.9. The van der Waals surface area contributed by atoms with Crippen LogP contribution < -0.4 is 5.32 Å². The van der Waals surface area contributed by atoms with Gasteiger partial charge in [0.15, 0.2) is 0 Å². The smallest absolute Gasteiger partial charge is 0.318 e. The first-order valence-corrected chi connectivity index (χ1v) is 7.58. The van der Waals surface area contributed by atoms with Crippen molar-refractivity contribution in [1.29, 1.82) is 0 Å². The second-order valence-electron chi connectivity index (χ2n) is 5.68. The van der Waals surface area contributed by atoms with Gasteiger partial charge in [-0.1, -0.05) is 0 Å². The number of amides is 1. The van der Waals surface area contributed by atoms with E-state index in [0.717, 1.165) is 18.2 Å². The molecule has 1 N–H and O–H groups in total. The van der Waals surface area contributed by atoms with Crippen LogP contribution in [-0.4, -0.2) is 26.8 Å². The van der Waals surface area contributed by atoms with Gasteiger partial charge in [-0.25, -0.2) is 8.60 Å². The molecule has 0 aliphatic carbocycles. The molecule has 0 unspecified atom stereocenters. The van der Waals surface area contributed by atoms with Gasteiger partial charge >= 0.3 is 12.1 Å². The largest absolute Gasteiger partial charge is 0.471 e. The monoisotopic (exact) mass is 352 g/mol. The molecule has 1 aromatic carbocycles. The third-order valence-electron chi connectivity index (χ3n) is 2.62. The molecule has 1 aromatic rings. The number of hydrogen-bond donors (Lipinski definition) is 1. The van der Waals surface area contributed by atoms with E-state index in [1.807, 2.05) is 0 Å². The van der Waals surface area contributed by atoms with Gasteiger partial charge in [-0.3, -0.25) is 4.79 Å². The van der Waals surface area contributed by atoms with Crippen LogP contribution in [0.2, 0.25) is 0 Å². The Morgan fingerprint density at radius 3 is 2.26 bits per heavy atom. The van der Waals surface area contributed by atoms with Crippen LogP contribution in [0.4, 0.5) is 23.2 Å². The van der Waals surface area contributed by atoms with Crippen molar-refractivity contribution in [2.75, 3.05) is 5.32 Å². The number of hydrogen-bond acceptors (Lipinski definition) is 2. The zero-order valence-corrected chi connectivity index (χ0v) is 13.7. The summed E-state index contributed by atoms with van der Waals surface area (Å²) in [6.45, 7) is 6.42. The summed E-state index contributed by atoms with van der Waals surface area (Å²) in [6, 6.07) is 2.91. The molecule has 0 radical (unpaired) electrons. The number of benzene rings is 1. The fourth-order valence-electron chi connectivity index (χ4n) is 1.39. The number of halogens is 4. The number of carbonyl (C=O) groups is 1. The van der Waals surface area contributed by atoms with Crippen molar-refractivity contribution in [3.8, 4) is 0 Å². The molecule has 0 spiro atoms. The Hall–Kier alpha value is -1.77. The number of carbonyl (C=O) groups excluding carboxylic acids is 1. The predicted octanol–water partition coefficient (Wildman–Crippen LogP) is 3.60. The second-order valence-corrected chi connectivity index (χ2v) is 7.59. The molecule has 23 heavy (non-hydrogen) atoms. The number of anilines is 1. The van der Waals surface area contributed by atoms with Crippen molar-refractivity contribution in [2.45, 2.75) is 38.6 Å². The van der Waals surface area contributed by atoms with Crippen LogP contribution in [0.5, 0.6) is 0 Å². The van der Waals surface area contributed by atoms with E-state index in [1.165, 1.54) is 6.92 Å². The first-order chi connectivity index (χ1) is 10.3. The molecule has 0 aliphatic rings. The van der Waals surface area contributed by atoms with Crippen molar-refractivity contribution in [2.24, 2.45) is 4.40 Å². The van der Waals surface area contributed by atoms with Gasteiger partial charge in [0.25, 0.3) is 0 Å². The molecule has 0 saturated heterocycles. The van der Waals surface area contributed by atoms with E-state index in [-0.39, 0.29) is 17.0 Å². The van der Waals surface area contributed by atoms with E-state index in [0.29, 0.717) is 0 Å². The highest BCUT2D eigenvalue weighted by atomic mass is 32.2. The number of alkyl halides is 3. The number of rotatable bonds is 3. The highest BCUT2D eigenvalue weighted by molar-refractivity contribution is 7.85. The zero-order chi connectivity index (χ0) is 18.0. The molecular weight excluding hydrogens is 336 g/mol. The van der Waals surface area contributed by atoms with Crippen LogP contribution in [0.15, 0.2) is 22.6 Å². The van der Waals surface area contributed by atoms with E-state index in [9.17, 15) is 26.6 Å². The van der Waals surface area contributed by atoms with Gasteiger partial charge in [0, 0.05) is 11.3 Å². The molecule has 0 fully saturated rings. The van der Waals surface area contributed by atoms with E-state index in [2.05, 4.69) is 4.40 Å². The maximum absolute atomic E-state index is 13.8. The average molecular weight is 352 g/mol. The fourth-order valence-corrected chi connectivity index (χ4v) is 2.01. The Bertz CT molecular complexity index is 664. The van der Waals surface area contributed by atoms with Gasteiger partial charge in [0.2, 0.25) is 0 Å². The average Bonchev–Trinajstić information content (AvgIpc) is 2.38. The molecule has 128 valence electrons. The normalized spacial score (nSPS) is 14.5. The lowest BCUT2D eigenvalue weighted by atomic mass is 10.1. The molecule has 1 amide bonds. The lowest BCUT2D eigenvalue weighted by molar-refractivity contribution is -0.167. The maximum Gasteiger partial charge on any atom is 0.471 e. The summed E-state index contributed by atoms with van der Waals surface area (Å²) in [7, 11) is -1.65. The molecule has 0 bridgehead atoms. The molecule has 0 heterocycles. The summed E-state index contributed by atoms with van der Waals surface area (Å²) in [4.78, 5) is 10.9. The molecule has 4 nitrogen and oxygen atoms in total. The quantitative estimate of drug-likeness (QED) is 0.667. The van der Waals surface area contributed by atoms with Gasteiger partial charge in [-0.05, 0) is 45.9 Å². The second kappa shape index (κ2) is 6.77. The van der Waals surface area contributed by atoms with Gasteiger partial charge < -0.3 is 5.32 Å². The third-order valence-corrected chi connectivity index (χ3v) is 4.10. The maximum atomic E-state index is 13.8. The number of nitrogens with zero attached hydrogens (tertiary/aromatic N) is 1. The summed E-state index contributed by atoms with van der Waals surface area (Å²) in [5, 5.41) is 1.63. The van der Waals surface area contributed by atoms with Crippen molar-refractivity contribution >= 4 is 28.3 Å². The third kappa shape index (κ3) is 5.42. The topological polar surface area (TPSA) is 58.5 Å². The molecular formula is C14H16F4N2O2S. The molecule has 0 saturated carbocycles. The Balaban J connectivity index is 3.14. The van der Waals surface area contributed by atoms with Crippen molar-refractivity contribution < 1.29 is 26.6 Å². The van der Waals surface area contributed by atoms with Crippen LogP contribution >= 0.6 is 0 Å². The minimum atomic E-state index is -5.05. The van der Waals surface area contributed by atoms with Gasteiger partial charge in [0.1, 0.15) is 16.8 Å². The van der Waals surface area contributed by atoms with Crippen molar-refractivity contribution in [1.82, 2.24) is 0 Å². The van der Waals surface area contributed by atoms with Crippen molar-refractivity contribution in [3.05, 3.63) is 29.6 Å². The summed E-state index contributed by atoms with van der Waals surface area (Å²) in [6.07, 6.45) is -5.05. The molecule has 0 aromatic heterocycles. The molecule has 9 heteroatoms. The Morgan fingerprint density at radius 1 is 1.22 bits per heavy atom. The Morgan fingerprint density at radius 2 is 1.78 bits per heavy atom. The summed E-state index contributed by atoms with van der Waals surface area (Å²) < 4.78 is 65.6. The van der Waals surface area contributed by atoms with Gasteiger partial charge in [-0.15, -0.1) is 0 Å². The molecule has 1 rings (SSSR count). The fraction of sp³-hybridized carbons (Fsp3) is 0.429. The van der Waals surface area contributed by atoms with Crippen LogP contribution in [0, 0.1) is 5.82 Å². The first kappa shape index (κ1) is 19.3. The SMILES string of the molecule is CC(=N[S@](=O)C(C)(C)C)c1cc(NC(=O)C(F)(F)F)ccc1F. The van der Waals surface area contributed by atoms with E-state index >= 15 is 0 Å². The Labute approximate surface area is 133 Å². The van der Waals surface area contributed by atoms with Crippen LogP contribution in [0.1, 0.15) is 33.3 Å². The lowest BCUT2D eigenvalue weighted by Gasteiger charge is -2.15. The number of nitrogens with one attached hydrogen (secondary N) is 1. The van der Waals surface area contributed by atoms with E-state index < -0.39 is 33.6 Å². The summed E-state index contributed by atoms with van der Waals surface area (Å²) in [5.74, 6) is -2.91. The summed E-state index contributed by atoms with van der Waals surface area (Å²) in [5.41, 5.74) is -0.318. The van der Waals surface area contributed by atoms with Crippen LogP contribution in [-0.2, 0) is 15.8 Å². The standard InChI is InChI=1S/C14H16F4N2O2S/c1-8(20-23(22)13(2,3)4)10-7-9(5-6-11(10)15)19-12(21)14(16,17)18/h5-7H,1-4H3,(H,19,21)/t23-/m1/s1. The van der Waals surface area contributed by atoms with Crippen LogP contribution in [0.25, 0.3) is 0 Å². The summed E-state index contributed by atoms with van der Waals surface area (Å²) >= 11 is 0. The molecule has 0 aliphatic heterocycles. The minimum Gasteiger partial charge on any atom is -0.318 e. The lowest BCUT2D eigenvalue weighted by Crippen LogP contribution is -2.30. The Kier molecular flexibility index (Phi) is 5.68. The van der Waals surface area contributed by atoms with E-state index in [4.69, 9.17) is 0 Å². The van der Waals surface area contributed by atoms with Gasteiger partial charge in [0.05, 0.1) is 10.5 Å². The highest BCUT2D eigenvalue weighted by Gasteiger charge is 2.38. The van der Waals surface area contributed by atoms with Crippen molar-refractivity contribution in [3.63, 3.8) is 0 Å².